The fourth-order valence-corrected chi connectivity index (χ4v) is 5.50. The van der Waals surface area contributed by atoms with Crippen LogP contribution in [0.15, 0.2) is 0 Å². The Morgan fingerprint density at radius 2 is 1.68 bits per heavy atom. The van der Waals surface area contributed by atoms with Crippen LogP contribution < -0.4 is 5.73 Å². The van der Waals surface area contributed by atoms with Crippen LogP contribution >= 0.6 is 0 Å². The average molecular weight is 264 g/mol. The van der Waals surface area contributed by atoms with Crippen LogP contribution in [0, 0.1) is 17.8 Å². The van der Waals surface area contributed by atoms with E-state index in [1.54, 1.807) is 0 Å². The van der Waals surface area contributed by atoms with Gasteiger partial charge in [-0.1, -0.05) is 26.7 Å². The number of hydrogen-bond donors (Lipinski definition) is 1. The van der Waals surface area contributed by atoms with E-state index in [1.165, 1.54) is 57.9 Å². The van der Waals surface area contributed by atoms with E-state index in [4.69, 9.17) is 5.73 Å². The van der Waals surface area contributed by atoms with Crippen molar-refractivity contribution in [3.05, 3.63) is 0 Å². The van der Waals surface area contributed by atoms with E-state index in [1.807, 2.05) is 0 Å². The molecule has 2 N–H and O–H groups in total. The molecule has 0 radical (unpaired) electrons. The third kappa shape index (κ3) is 2.71. The molecule has 0 aromatic heterocycles. The summed E-state index contributed by atoms with van der Waals surface area (Å²) in [5.41, 5.74) is 6.56. The topological polar surface area (TPSA) is 29.3 Å². The van der Waals surface area contributed by atoms with Crippen molar-refractivity contribution in [3.8, 4) is 0 Å². The molecule has 5 unspecified atom stereocenters. The molecule has 2 heteroatoms. The molecule has 110 valence electrons. The summed E-state index contributed by atoms with van der Waals surface area (Å²) in [6.45, 7) is 6.15. The lowest BCUT2D eigenvalue weighted by Crippen LogP contribution is -2.57. The Labute approximate surface area is 119 Å². The van der Waals surface area contributed by atoms with Crippen molar-refractivity contribution in [1.82, 2.24) is 4.90 Å². The Hall–Kier alpha value is -0.0800. The highest BCUT2D eigenvalue weighted by molar-refractivity contribution is 4.98. The van der Waals surface area contributed by atoms with Gasteiger partial charge in [-0.05, 0) is 62.8 Å². The lowest BCUT2D eigenvalue weighted by atomic mass is 9.75. The summed E-state index contributed by atoms with van der Waals surface area (Å²) in [4.78, 5) is 2.86. The Balaban J connectivity index is 1.72. The smallest absolute Gasteiger partial charge is 0.0276 e. The van der Waals surface area contributed by atoms with E-state index < -0.39 is 0 Å². The molecule has 3 rings (SSSR count). The third-order valence-corrected chi connectivity index (χ3v) is 6.14. The third-order valence-electron chi connectivity index (χ3n) is 6.14. The second kappa shape index (κ2) is 5.73. The lowest BCUT2D eigenvalue weighted by molar-refractivity contribution is 0.0464. The molecule has 0 aromatic carbocycles. The van der Waals surface area contributed by atoms with Crippen molar-refractivity contribution >= 4 is 0 Å². The molecule has 2 nitrogen and oxygen atoms in total. The maximum absolute atomic E-state index is 6.56. The highest BCUT2D eigenvalue weighted by atomic mass is 15.2. The summed E-state index contributed by atoms with van der Waals surface area (Å²) < 4.78 is 0. The zero-order chi connectivity index (χ0) is 13.4. The fourth-order valence-electron chi connectivity index (χ4n) is 5.50. The molecule has 2 saturated carbocycles. The van der Waals surface area contributed by atoms with Crippen LogP contribution in [0.3, 0.4) is 0 Å². The molecule has 0 aromatic rings. The van der Waals surface area contributed by atoms with Crippen LogP contribution in [0.4, 0.5) is 0 Å². The van der Waals surface area contributed by atoms with Crippen LogP contribution in [0.25, 0.3) is 0 Å². The van der Waals surface area contributed by atoms with Gasteiger partial charge in [0.15, 0.2) is 0 Å². The van der Waals surface area contributed by atoms with Crippen molar-refractivity contribution < 1.29 is 0 Å². The molecular formula is C17H32N2. The summed E-state index contributed by atoms with van der Waals surface area (Å²) in [6, 6.07) is 1.96. The molecule has 1 aliphatic heterocycles. The molecule has 0 spiro atoms. The number of likely N-dealkylation sites (tertiary alicyclic amines) is 1. The summed E-state index contributed by atoms with van der Waals surface area (Å²) in [5, 5.41) is 0. The number of nitrogens with two attached hydrogens (primary N) is 1. The Bertz CT molecular complexity index is 286. The average Bonchev–Trinajstić information content (AvgIpc) is 2.96. The standard InChI is InChI=1S/C17H32N2/c1-12-10-13(2)17(15(18)11-12)19-9-5-8-16(19)14-6-3-4-7-14/h12-17H,3-11,18H2,1-2H3. The van der Waals surface area contributed by atoms with Gasteiger partial charge < -0.3 is 5.73 Å². The SMILES string of the molecule is CC1CC(C)C(N2CCCC2C2CCCC2)C(N)C1. The van der Waals surface area contributed by atoms with Gasteiger partial charge in [0.25, 0.3) is 0 Å². The predicted molar refractivity (Wildman–Crippen MR) is 81.0 cm³/mol. The van der Waals surface area contributed by atoms with E-state index in [-0.39, 0.29) is 0 Å². The Morgan fingerprint density at radius 3 is 2.37 bits per heavy atom. The second-order valence-corrected chi connectivity index (χ2v) is 7.70. The normalized spacial score (nSPS) is 45.9. The van der Waals surface area contributed by atoms with E-state index in [9.17, 15) is 0 Å². The largest absolute Gasteiger partial charge is 0.326 e. The van der Waals surface area contributed by atoms with Crippen molar-refractivity contribution in [2.24, 2.45) is 23.5 Å². The molecule has 2 aliphatic carbocycles. The first-order chi connectivity index (χ1) is 9.16. The highest BCUT2D eigenvalue weighted by Gasteiger charge is 2.42. The molecule has 1 saturated heterocycles. The quantitative estimate of drug-likeness (QED) is 0.828. The van der Waals surface area contributed by atoms with Gasteiger partial charge in [0.05, 0.1) is 0 Å². The maximum atomic E-state index is 6.56. The lowest BCUT2D eigenvalue weighted by Gasteiger charge is -2.46. The van der Waals surface area contributed by atoms with Crippen LogP contribution in [-0.4, -0.2) is 29.6 Å². The maximum Gasteiger partial charge on any atom is 0.0276 e. The van der Waals surface area contributed by atoms with Crippen molar-refractivity contribution in [3.63, 3.8) is 0 Å². The van der Waals surface area contributed by atoms with Gasteiger partial charge in [0.1, 0.15) is 0 Å². The molecule has 19 heavy (non-hydrogen) atoms. The van der Waals surface area contributed by atoms with Crippen LogP contribution in [0.1, 0.15) is 65.2 Å². The number of rotatable bonds is 2. The molecule has 0 bridgehead atoms. The molecular weight excluding hydrogens is 232 g/mol. The van der Waals surface area contributed by atoms with E-state index >= 15 is 0 Å². The van der Waals surface area contributed by atoms with Gasteiger partial charge >= 0.3 is 0 Å². The van der Waals surface area contributed by atoms with Gasteiger partial charge in [0, 0.05) is 18.1 Å². The highest BCUT2D eigenvalue weighted by Crippen LogP contribution is 2.40. The van der Waals surface area contributed by atoms with Crippen LogP contribution in [-0.2, 0) is 0 Å². The van der Waals surface area contributed by atoms with Crippen molar-refractivity contribution in [1.29, 1.82) is 0 Å². The van der Waals surface area contributed by atoms with Gasteiger partial charge in [-0.3, -0.25) is 4.90 Å². The molecule has 3 aliphatic rings. The number of hydrogen-bond acceptors (Lipinski definition) is 2. The minimum Gasteiger partial charge on any atom is -0.326 e. The molecule has 5 atom stereocenters. The van der Waals surface area contributed by atoms with Crippen LogP contribution in [0.5, 0.6) is 0 Å². The number of nitrogens with zero attached hydrogens (tertiary/aromatic N) is 1. The summed E-state index contributed by atoms with van der Waals surface area (Å²) >= 11 is 0. The Kier molecular flexibility index (Phi) is 4.19. The first-order valence-corrected chi connectivity index (χ1v) is 8.68. The minimum atomic E-state index is 0.417. The van der Waals surface area contributed by atoms with Crippen molar-refractivity contribution in [2.75, 3.05) is 6.54 Å². The first kappa shape index (κ1) is 13.9. The minimum absolute atomic E-state index is 0.417. The van der Waals surface area contributed by atoms with E-state index in [0.717, 1.165) is 23.8 Å². The van der Waals surface area contributed by atoms with Crippen LogP contribution in [0.2, 0.25) is 0 Å². The predicted octanol–water partition coefficient (Wildman–Crippen LogP) is 3.40. The van der Waals surface area contributed by atoms with Gasteiger partial charge in [-0.25, -0.2) is 0 Å². The Morgan fingerprint density at radius 1 is 0.947 bits per heavy atom. The zero-order valence-corrected chi connectivity index (χ0v) is 12.9. The second-order valence-electron chi connectivity index (χ2n) is 7.70. The van der Waals surface area contributed by atoms with E-state index in [0.29, 0.717) is 12.1 Å². The fraction of sp³-hybridized carbons (Fsp3) is 1.00. The molecule has 0 amide bonds. The monoisotopic (exact) mass is 264 g/mol. The van der Waals surface area contributed by atoms with Gasteiger partial charge in [0.2, 0.25) is 0 Å². The van der Waals surface area contributed by atoms with Crippen molar-refractivity contribution in [2.45, 2.75) is 83.3 Å². The summed E-state index contributed by atoms with van der Waals surface area (Å²) in [7, 11) is 0. The summed E-state index contributed by atoms with van der Waals surface area (Å²) in [6.07, 6.45) is 11.4. The van der Waals surface area contributed by atoms with E-state index in [2.05, 4.69) is 18.7 Å². The van der Waals surface area contributed by atoms with Gasteiger partial charge in [-0.15, -0.1) is 0 Å². The molecule has 1 heterocycles. The zero-order valence-electron chi connectivity index (χ0n) is 12.9. The van der Waals surface area contributed by atoms with Gasteiger partial charge in [-0.2, -0.15) is 0 Å². The summed E-state index contributed by atoms with van der Waals surface area (Å²) in [5.74, 6) is 2.61. The first-order valence-electron chi connectivity index (χ1n) is 8.68. The molecule has 3 fully saturated rings.